The quantitative estimate of drug-likeness (QED) is 0.886. The molecule has 0 amide bonds. The average molecular weight is 354 g/mol. The van der Waals surface area contributed by atoms with Crippen molar-refractivity contribution in [3.8, 4) is 5.75 Å². The fourth-order valence-electron chi connectivity index (χ4n) is 4.09. The van der Waals surface area contributed by atoms with Crippen LogP contribution in [0.5, 0.6) is 5.75 Å². The van der Waals surface area contributed by atoms with Gasteiger partial charge in [-0.05, 0) is 62.5 Å². The number of halogens is 1. The first-order valence-electron chi connectivity index (χ1n) is 9.72. The molecule has 1 unspecified atom stereocenters. The van der Waals surface area contributed by atoms with Crippen LogP contribution in [0, 0.1) is 5.82 Å². The van der Waals surface area contributed by atoms with Crippen molar-refractivity contribution in [3.05, 3.63) is 65.5 Å². The minimum atomic E-state index is -0.163. The molecule has 26 heavy (non-hydrogen) atoms. The molecule has 2 aliphatic rings. The van der Waals surface area contributed by atoms with Crippen molar-refractivity contribution in [3.63, 3.8) is 0 Å². The van der Waals surface area contributed by atoms with Gasteiger partial charge in [0.25, 0.3) is 0 Å². The molecule has 0 aliphatic carbocycles. The highest BCUT2D eigenvalue weighted by molar-refractivity contribution is 5.36. The summed E-state index contributed by atoms with van der Waals surface area (Å²) in [6, 6.07) is 16.3. The Morgan fingerprint density at radius 2 is 1.77 bits per heavy atom. The fourth-order valence-corrected chi connectivity index (χ4v) is 4.09. The predicted octanol–water partition coefficient (Wildman–Crippen LogP) is 4.29. The monoisotopic (exact) mass is 354 g/mol. The number of nitrogens with one attached hydrogen (secondary N) is 1. The van der Waals surface area contributed by atoms with Crippen molar-refractivity contribution >= 4 is 0 Å². The number of fused-ring (bicyclic) bond motifs is 1. The molecule has 3 nitrogen and oxygen atoms in total. The van der Waals surface area contributed by atoms with Crippen LogP contribution in [0.4, 0.5) is 4.39 Å². The summed E-state index contributed by atoms with van der Waals surface area (Å²) in [5.74, 6) is 0.876. The molecule has 2 heterocycles. The molecule has 4 rings (SSSR count). The fraction of sp³-hybridized carbons (Fsp3) is 0.455. The molecule has 1 saturated heterocycles. The number of piperidine rings is 1. The third-order valence-electron chi connectivity index (χ3n) is 5.53. The Bertz CT molecular complexity index is 710. The Labute approximate surface area is 155 Å². The lowest BCUT2D eigenvalue weighted by Crippen LogP contribution is -2.43. The Morgan fingerprint density at radius 3 is 2.58 bits per heavy atom. The Kier molecular flexibility index (Phi) is 5.51. The molecular formula is C22H27FN2O. The minimum Gasteiger partial charge on any atom is -0.493 e. The van der Waals surface area contributed by atoms with Gasteiger partial charge in [0.1, 0.15) is 11.6 Å². The van der Waals surface area contributed by atoms with Crippen LogP contribution in [0.25, 0.3) is 0 Å². The smallest absolute Gasteiger partial charge is 0.124 e. The summed E-state index contributed by atoms with van der Waals surface area (Å²) in [7, 11) is 0. The summed E-state index contributed by atoms with van der Waals surface area (Å²) in [4.78, 5) is 2.47. The van der Waals surface area contributed by atoms with E-state index >= 15 is 0 Å². The van der Waals surface area contributed by atoms with Gasteiger partial charge in [-0.15, -0.1) is 0 Å². The third-order valence-corrected chi connectivity index (χ3v) is 5.53. The largest absolute Gasteiger partial charge is 0.493 e. The average Bonchev–Trinajstić information content (AvgIpc) is 2.88. The molecule has 4 heteroatoms. The highest BCUT2D eigenvalue weighted by atomic mass is 19.1. The summed E-state index contributed by atoms with van der Waals surface area (Å²) in [5.41, 5.74) is 2.49. The van der Waals surface area contributed by atoms with Gasteiger partial charge in [0.2, 0.25) is 0 Å². The third kappa shape index (κ3) is 4.25. The molecule has 0 radical (unpaired) electrons. The molecule has 138 valence electrons. The number of rotatable bonds is 4. The molecule has 1 fully saturated rings. The van der Waals surface area contributed by atoms with Gasteiger partial charge in [-0.1, -0.05) is 30.3 Å². The lowest BCUT2D eigenvalue weighted by atomic mass is 9.97. The standard InChI is InChI=1S/C22H27FN2O/c23-18-9-7-17(8-10-18)16-25-13-11-19(12-14-25)24-21-5-3-15-26-22-6-2-1-4-20(21)22/h1-2,4,6-10,19,21,24H,3,5,11-16H2. The van der Waals surface area contributed by atoms with Gasteiger partial charge >= 0.3 is 0 Å². The first kappa shape index (κ1) is 17.5. The van der Waals surface area contributed by atoms with E-state index in [2.05, 4.69) is 34.5 Å². The number of para-hydroxylation sites is 1. The number of benzene rings is 2. The molecule has 2 aromatic rings. The minimum absolute atomic E-state index is 0.163. The number of nitrogens with zero attached hydrogens (tertiary/aromatic N) is 1. The van der Waals surface area contributed by atoms with Gasteiger partial charge in [0, 0.05) is 24.2 Å². The molecule has 0 bridgehead atoms. The van der Waals surface area contributed by atoms with Crippen molar-refractivity contribution < 1.29 is 9.13 Å². The number of hydrogen-bond acceptors (Lipinski definition) is 3. The summed E-state index contributed by atoms with van der Waals surface area (Å²) in [6.07, 6.45) is 4.53. The van der Waals surface area contributed by atoms with E-state index in [0.717, 1.165) is 57.7 Å². The maximum Gasteiger partial charge on any atom is 0.124 e. The van der Waals surface area contributed by atoms with Gasteiger partial charge in [-0.25, -0.2) is 4.39 Å². The Balaban J connectivity index is 1.32. The SMILES string of the molecule is Fc1ccc(CN2CCC(NC3CCCOc4ccccc43)CC2)cc1. The Morgan fingerprint density at radius 1 is 1.00 bits per heavy atom. The van der Waals surface area contributed by atoms with E-state index in [1.54, 1.807) is 12.1 Å². The maximum absolute atomic E-state index is 13.0. The van der Waals surface area contributed by atoms with Crippen molar-refractivity contribution in [2.24, 2.45) is 0 Å². The van der Waals surface area contributed by atoms with Crippen molar-refractivity contribution in [2.45, 2.75) is 44.3 Å². The van der Waals surface area contributed by atoms with Crippen LogP contribution in [0.15, 0.2) is 48.5 Å². The first-order valence-corrected chi connectivity index (χ1v) is 9.72. The lowest BCUT2D eigenvalue weighted by Gasteiger charge is -2.34. The number of ether oxygens (including phenoxy) is 1. The molecule has 0 aromatic heterocycles. The van der Waals surface area contributed by atoms with Crippen molar-refractivity contribution in [1.29, 1.82) is 0 Å². The number of hydrogen-bond donors (Lipinski definition) is 1. The summed E-state index contributed by atoms with van der Waals surface area (Å²) in [6.45, 7) is 3.89. The summed E-state index contributed by atoms with van der Waals surface area (Å²) >= 11 is 0. The van der Waals surface area contributed by atoms with E-state index in [9.17, 15) is 4.39 Å². The van der Waals surface area contributed by atoms with Crippen molar-refractivity contribution in [1.82, 2.24) is 10.2 Å². The lowest BCUT2D eigenvalue weighted by molar-refractivity contribution is 0.182. The van der Waals surface area contributed by atoms with Crippen LogP contribution >= 0.6 is 0 Å². The Hall–Kier alpha value is -1.91. The zero-order valence-electron chi connectivity index (χ0n) is 15.2. The molecule has 2 aromatic carbocycles. The second-order valence-electron chi connectivity index (χ2n) is 7.42. The van der Waals surface area contributed by atoms with Gasteiger partial charge in [0.15, 0.2) is 0 Å². The topological polar surface area (TPSA) is 24.5 Å². The van der Waals surface area contributed by atoms with E-state index < -0.39 is 0 Å². The van der Waals surface area contributed by atoms with E-state index in [1.165, 1.54) is 11.1 Å². The van der Waals surface area contributed by atoms with Crippen LogP contribution < -0.4 is 10.1 Å². The second kappa shape index (κ2) is 8.19. The van der Waals surface area contributed by atoms with E-state index in [4.69, 9.17) is 4.74 Å². The van der Waals surface area contributed by atoms with Crippen LogP contribution in [-0.4, -0.2) is 30.6 Å². The molecule has 0 saturated carbocycles. The molecular weight excluding hydrogens is 327 g/mol. The van der Waals surface area contributed by atoms with Crippen LogP contribution in [0.2, 0.25) is 0 Å². The summed E-state index contributed by atoms with van der Waals surface area (Å²) < 4.78 is 18.9. The molecule has 2 aliphatic heterocycles. The van der Waals surface area contributed by atoms with Gasteiger partial charge in [-0.3, -0.25) is 4.90 Å². The molecule has 0 spiro atoms. The molecule has 1 atom stereocenters. The molecule has 1 N–H and O–H groups in total. The first-order chi connectivity index (χ1) is 12.8. The van der Waals surface area contributed by atoms with Gasteiger partial charge in [-0.2, -0.15) is 0 Å². The summed E-state index contributed by atoms with van der Waals surface area (Å²) in [5, 5.41) is 3.89. The van der Waals surface area contributed by atoms with Crippen molar-refractivity contribution in [2.75, 3.05) is 19.7 Å². The van der Waals surface area contributed by atoms with E-state index in [-0.39, 0.29) is 5.82 Å². The van der Waals surface area contributed by atoms with Crippen LogP contribution in [-0.2, 0) is 6.54 Å². The normalized spacial score (nSPS) is 21.7. The van der Waals surface area contributed by atoms with E-state index in [1.807, 2.05) is 12.1 Å². The zero-order chi connectivity index (χ0) is 17.8. The van der Waals surface area contributed by atoms with Crippen LogP contribution in [0.3, 0.4) is 0 Å². The second-order valence-corrected chi connectivity index (χ2v) is 7.42. The highest BCUT2D eigenvalue weighted by Crippen LogP contribution is 2.32. The van der Waals surface area contributed by atoms with Gasteiger partial charge in [0.05, 0.1) is 6.61 Å². The van der Waals surface area contributed by atoms with Crippen LogP contribution in [0.1, 0.15) is 42.9 Å². The van der Waals surface area contributed by atoms with E-state index in [0.29, 0.717) is 12.1 Å². The number of likely N-dealkylation sites (tertiary alicyclic amines) is 1. The highest BCUT2D eigenvalue weighted by Gasteiger charge is 2.25. The van der Waals surface area contributed by atoms with Gasteiger partial charge < -0.3 is 10.1 Å². The zero-order valence-corrected chi connectivity index (χ0v) is 15.2. The predicted molar refractivity (Wildman–Crippen MR) is 102 cm³/mol. The maximum atomic E-state index is 13.0.